The van der Waals surface area contributed by atoms with Crippen molar-refractivity contribution in [3.63, 3.8) is 0 Å². The number of rotatable bonds is 19. The van der Waals surface area contributed by atoms with Crippen molar-refractivity contribution < 1.29 is 33.8 Å². The molecule has 0 saturated carbocycles. The lowest BCUT2D eigenvalue weighted by molar-refractivity contribution is -0.147. The number of likely N-dealkylation sites (tertiary alicyclic amines) is 1. The van der Waals surface area contributed by atoms with Crippen molar-refractivity contribution in [1.82, 2.24) is 20.4 Å². The normalized spacial score (nSPS) is 23.9. The summed E-state index contributed by atoms with van der Waals surface area (Å²) in [5, 5.41) is 16.8. The lowest BCUT2D eigenvalue weighted by Gasteiger charge is -2.41. The minimum atomic E-state index is -1.01. The number of amides is 4. The van der Waals surface area contributed by atoms with Gasteiger partial charge in [-0.1, -0.05) is 79.2 Å². The fraction of sp³-hybridized carbons (Fsp3) is 0.789. The monoisotopic (exact) mass is 706 g/mol. The molecule has 1 fully saturated rings. The van der Waals surface area contributed by atoms with Crippen molar-refractivity contribution in [3.8, 4) is 0 Å². The predicted molar refractivity (Wildman–Crippen MR) is 196 cm³/mol. The molecule has 0 radical (unpaired) electrons. The van der Waals surface area contributed by atoms with E-state index in [4.69, 9.17) is 15.2 Å². The molecule has 2 aliphatic rings. The number of likely N-dealkylation sites (N-methyl/N-ethyl adjacent to an activating group) is 1. The summed E-state index contributed by atoms with van der Waals surface area (Å²) in [7, 11) is 4.83. The van der Waals surface area contributed by atoms with Crippen LogP contribution in [-0.2, 0) is 28.7 Å². The second-order valence-corrected chi connectivity index (χ2v) is 15.3. The average molecular weight is 706 g/mol. The van der Waals surface area contributed by atoms with E-state index >= 15 is 0 Å². The van der Waals surface area contributed by atoms with Crippen LogP contribution in [0.4, 0.5) is 0 Å². The number of hydrogen-bond acceptors (Lipinski definition) is 8. The van der Waals surface area contributed by atoms with Crippen LogP contribution in [0.25, 0.3) is 0 Å². The van der Waals surface area contributed by atoms with Crippen LogP contribution < -0.4 is 16.4 Å². The summed E-state index contributed by atoms with van der Waals surface area (Å²) >= 11 is 0. The Balaban J connectivity index is 2.21. The quantitative estimate of drug-likeness (QED) is 0.159. The van der Waals surface area contributed by atoms with Gasteiger partial charge in [0.25, 0.3) is 0 Å². The predicted octanol–water partition coefficient (Wildman–Crippen LogP) is 3.17. The zero-order valence-electron chi connectivity index (χ0n) is 32.5. The Hall–Kier alpha value is -2.80. The third kappa shape index (κ3) is 11.4. The summed E-state index contributed by atoms with van der Waals surface area (Å²) in [6, 6.07) is -2.58. The number of nitrogens with zero attached hydrogens (tertiary/aromatic N) is 2. The Morgan fingerprint density at radius 1 is 1.00 bits per heavy atom. The van der Waals surface area contributed by atoms with E-state index in [1.807, 2.05) is 73.6 Å². The van der Waals surface area contributed by atoms with Gasteiger partial charge in [0.05, 0.1) is 48.3 Å². The Labute approximate surface area is 300 Å². The van der Waals surface area contributed by atoms with E-state index in [0.29, 0.717) is 25.8 Å². The molecule has 12 nitrogen and oxygen atoms in total. The zero-order valence-corrected chi connectivity index (χ0v) is 32.5. The largest absolute Gasteiger partial charge is 0.385 e. The second-order valence-electron chi connectivity index (χ2n) is 15.3. The summed E-state index contributed by atoms with van der Waals surface area (Å²) in [6.07, 6.45) is 9.31. The molecule has 286 valence electrons. The highest BCUT2D eigenvalue weighted by Crippen LogP contribution is 2.30. The topological polar surface area (TPSA) is 164 Å². The van der Waals surface area contributed by atoms with E-state index < -0.39 is 41.9 Å². The van der Waals surface area contributed by atoms with Crippen LogP contribution in [0.5, 0.6) is 0 Å². The van der Waals surface area contributed by atoms with Crippen LogP contribution in [0.1, 0.15) is 93.9 Å². The van der Waals surface area contributed by atoms with E-state index in [2.05, 4.69) is 10.6 Å². The standard InChI is InChI=1S/C38H67N5O7/c1-12-25(6)33(42(9)37(47)32(24(4)5)41-36(46)31(39)23(2)3)29(49-10)21-30(44)43-20-16-17-28(43)34(50-11)27(8)35(45)40-26(7)22-38(48)18-14-13-15-19-38/h13-15,18,23-29,31-34,48H,12,16-17,19-22,39H2,1-11H3,(H,40,45)(H,41,46)/t25-,26+,27+,28-,29+,31-,32-,33-,34+,38-/m0/s1. The average Bonchev–Trinajstić information content (AvgIpc) is 3.55. The zero-order chi connectivity index (χ0) is 37.9. The first-order valence-electron chi connectivity index (χ1n) is 18.5. The number of nitrogens with one attached hydrogen (secondary N) is 2. The molecule has 0 aromatic rings. The van der Waals surface area contributed by atoms with E-state index in [9.17, 15) is 24.3 Å². The van der Waals surface area contributed by atoms with Crippen molar-refractivity contribution in [3.05, 3.63) is 24.3 Å². The number of nitrogens with two attached hydrogens (primary N) is 1. The SMILES string of the molecule is CC[C@H](C)[C@@H]([C@@H](CC(=O)N1CCC[C@H]1[C@H](OC)[C@@H](C)C(=O)N[C@H](C)C[C@]1(O)C=CC=CC1)OC)N(C)C(=O)[C@@H](NC(=O)[C@@H](N)C(C)C)C(C)C. The molecule has 12 heteroatoms. The van der Waals surface area contributed by atoms with Gasteiger partial charge < -0.3 is 40.7 Å². The van der Waals surface area contributed by atoms with Crippen molar-refractivity contribution in [2.75, 3.05) is 27.8 Å². The maximum Gasteiger partial charge on any atom is 0.245 e. The molecule has 5 N–H and O–H groups in total. The van der Waals surface area contributed by atoms with E-state index in [-0.39, 0.29) is 59.9 Å². The van der Waals surface area contributed by atoms with Gasteiger partial charge >= 0.3 is 0 Å². The van der Waals surface area contributed by atoms with Gasteiger partial charge in [0.15, 0.2) is 0 Å². The second kappa shape index (κ2) is 19.7. The number of carbonyl (C=O) groups excluding carboxylic acids is 4. The van der Waals surface area contributed by atoms with Gasteiger partial charge in [0.2, 0.25) is 23.6 Å². The number of ether oxygens (including phenoxy) is 2. The van der Waals surface area contributed by atoms with Crippen LogP contribution in [0, 0.1) is 23.7 Å². The molecule has 0 spiro atoms. The van der Waals surface area contributed by atoms with Gasteiger partial charge in [-0.05, 0) is 50.4 Å². The van der Waals surface area contributed by atoms with Gasteiger partial charge in [-0.15, -0.1) is 0 Å². The third-order valence-electron chi connectivity index (χ3n) is 10.7. The summed E-state index contributed by atoms with van der Waals surface area (Å²) in [5.41, 5.74) is 5.09. The van der Waals surface area contributed by atoms with Crippen molar-refractivity contribution in [2.45, 2.75) is 142 Å². The number of allylic oxidation sites excluding steroid dienone is 2. The number of hydrogen-bond donors (Lipinski definition) is 4. The third-order valence-corrected chi connectivity index (χ3v) is 10.7. The molecule has 1 aliphatic heterocycles. The van der Waals surface area contributed by atoms with Gasteiger partial charge in [-0.3, -0.25) is 19.2 Å². The van der Waals surface area contributed by atoms with E-state index in [1.54, 1.807) is 37.1 Å². The van der Waals surface area contributed by atoms with Crippen LogP contribution in [-0.4, -0.2) is 114 Å². The molecule has 1 aliphatic carbocycles. The summed E-state index contributed by atoms with van der Waals surface area (Å²) < 4.78 is 11.9. The molecule has 0 bridgehead atoms. The Morgan fingerprint density at radius 2 is 1.66 bits per heavy atom. The summed E-state index contributed by atoms with van der Waals surface area (Å²) in [4.78, 5) is 57.8. The highest BCUT2D eigenvalue weighted by Gasteiger charge is 2.43. The maximum absolute atomic E-state index is 14.1. The Kier molecular flexibility index (Phi) is 17.1. The molecular formula is C38H67N5O7. The van der Waals surface area contributed by atoms with Gasteiger partial charge in [-0.2, -0.15) is 0 Å². The molecule has 0 unspecified atom stereocenters. The summed E-state index contributed by atoms with van der Waals surface area (Å²) in [6.45, 7) is 15.7. The van der Waals surface area contributed by atoms with Gasteiger partial charge in [0, 0.05) is 33.9 Å². The number of methoxy groups -OCH3 is 2. The number of aliphatic hydroxyl groups is 1. The smallest absolute Gasteiger partial charge is 0.245 e. The van der Waals surface area contributed by atoms with E-state index in [1.165, 1.54) is 0 Å². The van der Waals surface area contributed by atoms with Crippen LogP contribution in [0.3, 0.4) is 0 Å². The van der Waals surface area contributed by atoms with Crippen molar-refractivity contribution in [1.29, 1.82) is 0 Å². The Bertz CT molecular complexity index is 1190. The molecular weight excluding hydrogens is 638 g/mol. The maximum atomic E-state index is 14.1. The molecule has 4 amide bonds. The molecule has 0 aromatic heterocycles. The highest BCUT2D eigenvalue weighted by molar-refractivity contribution is 5.90. The molecule has 10 atom stereocenters. The molecule has 2 rings (SSSR count). The first-order valence-corrected chi connectivity index (χ1v) is 18.5. The lowest BCUT2D eigenvalue weighted by Crippen LogP contribution is -2.59. The first-order chi connectivity index (χ1) is 23.4. The minimum absolute atomic E-state index is 0.0203. The fourth-order valence-electron chi connectivity index (χ4n) is 7.35. The molecule has 1 heterocycles. The molecule has 0 aromatic carbocycles. The molecule has 50 heavy (non-hydrogen) atoms. The first kappa shape index (κ1) is 43.4. The van der Waals surface area contributed by atoms with Crippen LogP contribution in [0.15, 0.2) is 24.3 Å². The van der Waals surface area contributed by atoms with Crippen molar-refractivity contribution >= 4 is 23.6 Å². The summed E-state index contributed by atoms with van der Waals surface area (Å²) in [5.74, 6) is -1.83. The van der Waals surface area contributed by atoms with Crippen LogP contribution >= 0.6 is 0 Å². The lowest BCUT2D eigenvalue weighted by atomic mass is 9.88. The van der Waals surface area contributed by atoms with Gasteiger partial charge in [0.1, 0.15) is 6.04 Å². The van der Waals surface area contributed by atoms with Crippen molar-refractivity contribution in [2.24, 2.45) is 29.4 Å². The highest BCUT2D eigenvalue weighted by atomic mass is 16.5. The number of carbonyl (C=O) groups is 4. The Morgan fingerprint density at radius 3 is 2.18 bits per heavy atom. The fourth-order valence-corrected chi connectivity index (χ4v) is 7.35. The van der Waals surface area contributed by atoms with Crippen LogP contribution in [0.2, 0.25) is 0 Å². The molecule has 1 saturated heterocycles. The van der Waals surface area contributed by atoms with Gasteiger partial charge in [-0.25, -0.2) is 0 Å². The van der Waals surface area contributed by atoms with E-state index in [0.717, 1.165) is 12.8 Å². The minimum Gasteiger partial charge on any atom is -0.385 e.